The fourth-order valence-corrected chi connectivity index (χ4v) is 2.90. The maximum atomic E-state index is 12.6. The molecule has 0 saturated carbocycles. The van der Waals surface area contributed by atoms with Crippen LogP contribution in [0.25, 0.3) is 0 Å². The molecular weight excluding hydrogens is 266 g/mol. The number of hydrogen-bond acceptors (Lipinski definition) is 3. The summed E-state index contributed by atoms with van der Waals surface area (Å²) in [7, 11) is 1.31. The molecule has 0 bridgehead atoms. The molecule has 1 amide bonds. The first kappa shape index (κ1) is 13.6. The number of rotatable bonds is 3. The van der Waals surface area contributed by atoms with Gasteiger partial charge in [0, 0.05) is 5.70 Å². The van der Waals surface area contributed by atoms with Gasteiger partial charge in [-0.25, -0.2) is 4.79 Å². The molecule has 21 heavy (non-hydrogen) atoms. The molecule has 0 radical (unpaired) electrons. The second kappa shape index (κ2) is 5.56. The van der Waals surface area contributed by atoms with Crippen LogP contribution >= 0.6 is 0 Å². The molecule has 1 aliphatic heterocycles. The minimum Gasteiger partial charge on any atom is -0.465 e. The first-order chi connectivity index (χ1) is 10.2. The van der Waals surface area contributed by atoms with Gasteiger partial charge in [0.15, 0.2) is 0 Å². The van der Waals surface area contributed by atoms with E-state index in [9.17, 15) is 9.59 Å². The summed E-state index contributed by atoms with van der Waals surface area (Å²) in [4.78, 5) is 26.2. The lowest BCUT2D eigenvalue weighted by atomic mass is 9.96. The Balaban J connectivity index is 1.96. The number of ether oxygens (including phenoxy) is 1. The van der Waals surface area contributed by atoms with Gasteiger partial charge in [0.25, 0.3) is 5.91 Å². The van der Waals surface area contributed by atoms with Crippen molar-refractivity contribution in [1.29, 1.82) is 0 Å². The average Bonchev–Trinajstić information content (AvgIpc) is 2.80. The van der Waals surface area contributed by atoms with E-state index in [2.05, 4.69) is 6.08 Å². The van der Waals surface area contributed by atoms with Crippen LogP contribution in [0.5, 0.6) is 0 Å². The van der Waals surface area contributed by atoms with Crippen molar-refractivity contribution in [3.8, 4) is 0 Å². The van der Waals surface area contributed by atoms with Gasteiger partial charge in [-0.1, -0.05) is 36.4 Å². The molecule has 4 nitrogen and oxygen atoms in total. The first-order valence-electron chi connectivity index (χ1n) is 7.10. The monoisotopic (exact) mass is 283 g/mol. The third-order valence-corrected chi connectivity index (χ3v) is 3.90. The maximum Gasteiger partial charge on any atom is 0.343 e. The number of esters is 1. The zero-order chi connectivity index (χ0) is 14.8. The van der Waals surface area contributed by atoms with E-state index in [1.165, 1.54) is 7.11 Å². The van der Waals surface area contributed by atoms with Gasteiger partial charge in [0.2, 0.25) is 0 Å². The Labute approximate surface area is 123 Å². The van der Waals surface area contributed by atoms with E-state index in [-0.39, 0.29) is 11.5 Å². The number of carbonyl (C=O) groups excluding carboxylic acids is 2. The van der Waals surface area contributed by atoms with Gasteiger partial charge in [-0.05, 0) is 30.4 Å². The van der Waals surface area contributed by atoms with Crippen molar-refractivity contribution in [2.24, 2.45) is 0 Å². The molecule has 2 aliphatic rings. The van der Waals surface area contributed by atoms with Crippen molar-refractivity contribution in [2.75, 3.05) is 7.11 Å². The molecule has 0 atom stereocenters. The molecule has 0 aromatic heterocycles. The van der Waals surface area contributed by atoms with Gasteiger partial charge >= 0.3 is 5.97 Å². The molecule has 1 heterocycles. The van der Waals surface area contributed by atoms with Crippen LogP contribution in [0.15, 0.2) is 53.3 Å². The largest absolute Gasteiger partial charge is 0.465 e. The highest BCUT2D eigenvalue weighted by molar-refractivity contribution is 6.20. The zero-order valence-electron chi connectivity index (χ0n) is 12.0. The lowest BCUT2D eigenvalue weighted by molar-refractivity contribution is -0.139. The molecule has 1 aromatic carbocycles. The third-order valence-electron chi connectivity index (χ3n) is 3.90. The van der Waals surface area contributed by atoms with Crippen molar-refractivity contribution in [1.82, 2.24) is 4.90 Å². The number of nitrogens with zero attached hydrogens (tertiary/aromatic N) is 1. The van der Waals surface area contributed by atoms with Gasteiger partial charge in [-0.15, -0.1) is 0 Å². The number of hydrogen-bond donors (Lipinski definition) is 0. The van der Waals surface area contributed by atoms with Crippen molar-refractivity contribution >= 4 is 11.9 Å². The highest BCUT2D eigenvalue weighted by Gasteiger charge is 2.39. The number of amides is 1. The molecule has 0 unspecified atom stereocenters. The molecule has 1 aromatic rings. The summed E-state index contributed by atoms with van der Waals surface area (Å²) >= 11 is 0. The Morgan fingerprint density at radius 2 is 2.05 bits per heavy atom. The predicted molar refractivity (Wildman–Crippen MR) is 78.0 cm³/mol. The second-order valence-corrected chi connectivity index (χ2v) is 5.20. The van der Waals surface area contributed by atoms with Gasteiger partial charge < -0.3 is 9.64 Å². The summed E-state index contributed by atoms with van der Waals surface area (Å²) in [5.41, 5.74) is 2.98. The third kappa shape index (κ3) is 2.37. The van der Waals surface area contributed by atoms with Crippen LogP contribution in [0.4, 0.5) is 0 Å². The van der Waals surface area contributed by atoms with Crippen LogP contribution in [0.3, 0.4) is 0 Å². The molecular formula is C17H17NO3. The smallest absolute Gasteiger partial charge is 0.343 e. The quantitative estimate of drug-likeness (QED) is 0.632. The lowest BCUT2D eigenvalue weighted by Crippen LogP contribution is -2.27. The van der Waals surface area contributed by atoms with Crippen LogP contribution in [0.1, 0.15) is 24.8 Å². The Bertz CT molecular complexity index is 643. The molecule has 0 fully saturated rings. The Kier molecular flexibility index (Phi) is 3.60. The number of fused-ring (bicyclic) bond motifs is 1. The maximum absolute atomic E-state index is 12.6. The van der Waals surface area contributed by atoms with Crippen LogP contribution in [0, 0.1) is 0 Å². The average molecular weight is 283 g/mol. The van der Waals surface area contributed by atoms with E-state index in [0.29, 0.717) is 6.54 Å². The van der Waals surface area contributed by atoms with Gasteiger partial charge in [-0.3, -0.25) is 4.79 Å². The number of methoxy groups -OCH3 is 1. The summed E-state index contributed by atoms with van der Waals surface area (Å²) in [5, 5.41) is 0. The summed E-state index contributed by atoms with van der Waals surface area (Å²) in [5.74, 6) is -0.771. The van der Waals surface area contributed by atoms with E-state index < -0.39 is 5.97 Å². The van der Waals surface area contributed by atoms with Crippen molar-refractivity contribution < 1.29 is 14.3 Å². The van der Waals surface area contributed by atoms with Crippen molar-refractivity contribution in [3.05, 3.63) is 58.8 Å². The fraction of sp³-hybridized carbons (Fsp3) is 0.294. The van der Waals surface area contributed by atoms with Gasteiger partial charge in [-0.2, -0.15) is 0 Å². The van der Waals surface area contributed by atoms with E-state index >= 15 is 0 Å². The minimum atomic E-state index is -0.529. The molecule has 0 saturated heterocycles. The lowest BCUT2D eigenvalue weighted by Gasteiger charge is -2.22. The van der Waals surface area contributed by atoms with Crippen LogP contribution in [-0.2, 0) is 20.9 Å². The van der Waals surface area contributed by atoms with E-state index in [0.717, 1.165) is 36.1 Å². The van der Waals surface area contributed by atoms with Gasteiger partial charge in [0.05, 0.1) is 13.7 Å². The summed E-state index contributed by atoms with van der Waals surface area (Å²) < 4.78 is 4.78. The van der Waals surface area contributed by atoms with Gasteiger partial charge in [0.1, 0.15) is 5.57 Å². The van der Waals surface area contributed by atoms with E-state index in [1.54, 1.807) is 4.90 Å². The molecule has 0 N–H and O–H groups in total. The molecule has 1 aliphatic carbocycles. The Hall–Kier alpha value is -2.36. The van der Waals surface area contributed by atoms with Crippen LogP contribution in [0.2, 0.25) is 0 Å². The molecule has 0 spiro atoms. The summed E-state index contributed by atoms with van der Waals surface area (Å²) in [6.07, 6.45) is 4.71. The standard InChI is InChI=1S/C17H17NO3/c1-21-17(20)15-13-9-5-6-10-14(13)18(16(15)19)11-12-7-3-2-4-8-12/h2-4,7-8,10H,5-6,9,11H2,1H3. The van der Waals surface area contributed by atoms with Crippen molar-refractivity contribution in [2.45, 2.75) is 25.8 Å². The molecule has 108 valence electrons. The fourth-order valence-electron chi connectivity index (χ4n) is 2.90. The minimum absolute atomic E-state index is 0.208. The van der Waals surface area contributed by atoms with E-state index in [1.807, 2.05) is 30.3 Å². The van der Waals surface area contributed by atoms with E-state index in [4.69, 9.17) is 4.74 Å². The Morgan fingerprint density at radius 1 is 1.29 bits per heavy atom. The first-order valence-corrected chi connectivity index (χ1v) is 7.10. The SMILES string of the molecule is COC(=O)C1=C2CCCC=C2N(Cc2ccccc2)C1=O. The highest BCUT2D eigenvalue weighted by atomic mass is 16.5. The number of carbonyl (C=O) groups is 2. The second-order valence-electron chi connectivity index (χ2n) is 5.20. The van der Waals surface area contributed by atoms with Crippen LogP contribution in [-0.4, -0.2) is 23.9 Å². The number of benzene rings is 1. The summed E-state index contributed by atoms with van der Waals surface area (Å²) in [6, 6.07) is 9.79. The van der Waals surface area contributed by atoms with Crippen molar-refractivity contribution in [3.63, 3.8) is 0 Å². The molecule has 4 heteroatoms. The van der Waals surface area contributed by atoms with Crippen LogP contribution < -0.4 is 0 Å². The summed E-state index contributed by atoms with van der Waals surface area (Å²) in [6.45, 7) is 0.482. The Morgan fingerprint density at radius 3 is 2.76 bits per heavy atom. The topological polar surface area (TPSA) is 46.6 Å². The highest BCUT2D eigenvalue weighted by Crippen LogP contribution is 2.37. The predicted octanol–water partition coefficient (Wildman–Crippen LogP) is 2.57. The number of allylic oxidation sites excluding steroid dienone is 2. The molecule has 3 rings (SSSR count). The normalized spacial score (nSPS) is 17.7. The zero-order valence-corrected chi connectivity index (χ0v) is 12.0.